The number of piperazine rings is 1. The van der Waals surface area contributed by atoms with Gasteiger partial charge >= 0.3 is 6.03 Å². The van der Waals surface area contributed by atoms with Crippen LogP contribution in [0.4, 0.5) is 4.79 Å². The summed E-state index contributed by atoms with van der Waals surface area (Å²) in [6, 6.07) is 8.20. The molecule has 0 spiro atoms. The molecule has 2 aliphatic rings. The summed E-state index contributed by atoms with van der Waals surface area (Å²) in [6.45, 7) is 8.33. The maximum Gasteiger partial charge on any atom is 0.320 e. The number of aromatic nitrogens is 2. The Kier molecular flexibility index (Phi) is 5.35. The van der Waals surface area contributed by atoms with Crippen LogP contribution in [-0.2, 0) is 11.3 Å². The molecule has 3 heterocycles. The Morgan fingerprint density at radius 2 is 1.67 bits per heavy atom. The molecule has 0 aliphatic carbocycles. The number of nitrogens with zero attached hydrogens (tertiary/aromatic N) is 5. The van der Waals surface area contributed by atoms with Gasteiger partial charge in [0.2, 0.25) is 11.7 Å². The highest BCUT2D eigenvalue weighted by molar-refractivity contribution is 5.74. The molecule has 0 unspecified atom stereocenters. The molecule has 8 nitrogen and oxygen atoms in total. The Bertz CT molecular complexity index is 762. The fourth-order valence-electron chi connectivity index (χ4n) is 3.38. The first-order chi connectivity index (χ1) is 13.2. The molecule has 144 valence electrons. The van der Waals surface area contributed by atoms with E-state index in [1.54, 1.807) is 0 Å². The normalized spacial score (nSPS) is 18.7. The van der Waals surface area contributed by atoms with Crippen molar-refractivity contribution in [1.29, 1.82) is 0 Å². The standard InChI is InChI=1S/C19H25N5O3/c1-15-2-4-16(5-3-15)18-20-17(27-21-18)14-22-6-8-23(9-7-22)19(25)24-10-12-26-13-11-24/h2-5H,6-14H2,1H3. The number of ether oxygens (including phenoxy) is 1. The first kappa shape index (κ1) is 17.9. The van der Waals surface area contributed by atoms with Gasteiger partial charge in [0.25, 0.3) is 0 Å². The Morgan fingerprint density at radius 3 is 2.37 bits per heavy atom. The van der Waals surface area contributed by atoms with Crippen molar-refractivity contribution in [2.45, 2.75) is 13.5 Å². The fraction of sp³-hybridized carbons (Fsp3) is 0.526. The van der Waals surface area contributed by atoms with Gasteiger partial charge in [-0.1, -0.05) is 35.0 Å². The zero-order valence-electron chi connectivity index (χ0n) is 15.6. The van der Waals surface area contributed by atoms with Gasteiger partial charge in [-0.05, 0) is 6.92 Å². The number of rotatable bonds is 3. The molecule has 0 radical (unpaired) electrons. The highest BCUT2D eigenvalue weighted by Gasteiger charge is 2.27. The molecule has 27 heavy (non-hydrogen) atoms. The van der Waals surface area contributed by atoms with Crippen molar-refractivity contribution in [3.8, 4) is 11.4 Å². The van der Waals surface area contributed by atoms with E-state index in [2.05, 4.69) is 22.0 Å². The monoisotopic (exact) mass is 371 g/mol. The number of hydrogen-bond donors (Lipinski definition) is 0. The van der Waals surface area contributed by atoms with Crippen LogP contribution in [0.5, 0.6) is 0 Å². The molecule has 0 bridgehead atoms. The lowest BCUT2D eigenvalue weighted by atomic mass is 10.1. The van der Waals surface area contributed by atoms with Crippen LogP contribution in [0.1, 0.15) is 11.5 Å². The molecular formula is C19H25N5O3. The molecule has 1 aromatic carbocycles. The molecule has 0 saturated carbocycles. The molecule has 2 aliphatic heterocycles. The second-order valence-corrected chi connectivity index (χ2v) is 7.02. The maximum atomic E-state index is 12.5. The maximum absolute atomic E-state index is 12.5. The Balaban J connectivity index is 1.29. The van der Waals surface area contributed by atoms with Crippen LogP contribution < -0.4 is 0 Å². The van der Waals surface area contributed by atoms with Gasteiger partial charge in [-0.25, -0.2) is 4.79 Å². The van der Waals surface area contributed by atoms with Crippen LogP contribution in [0.3, 0.4) is 0 Å². The van der Waals surface area contributed by atoms with E-state index in [-0.39, 0.29) is 6.03 Å². The average molecular weight is 371 g/mol. The minimum absolute atomic E-state index is 0.123. The third-order valence-corrected chi connectivity index (χ3v) is 5.06. The quantitative estimate of drug-likeness (QED) is 0.816. The third kappa shape index (κ3) is 4.28. The highest BCUT2D eigenvalue weighted by Crippen LogP contribution is 2.17. The van der Waals surface area contributed by atoms with Crippen molar-refractivity contribution in [3.05, 3.63) is 35.7 Å². The molecule has 2 saturated heterocycles. The van der Waals surface area contributed by atoms with Crippen molar-refractivity contribution in [2.75, 3.05) is 52.5 Å². The molecule has 1 aromatic heterocycles. The Labute approximate surface area is 158 Å². The van der Waals surface area contributed by atoms with Crippen LogP contribution in [0, 0.1) is 6.92 Å². The average Bonchev–Trinajstić information content (AvgIpc) is 3.18. The summed E-state index contributed by atoms with van der Waals surface area (Å²) in [5.41, 5.74) is 2.16. The largest absolute Gasteiger partial charge is 0.378 e. The molecule has 2 fully saturated rings. The molecule has 8 heteroatoms. The zero-order chi connectivity index (χ0) is 18.6. The van der Waals surface area contributed by atoms with Crippen molar-refractivity contribution in [1.82, 2.24) is 24.8 Å². The molecule has 0 N–H and O–H groups in total. The van der Waals surface area contributed by atoms with Gasteiger partial charge in [0, 0.05) is 44.8 Å². The third-order valence-electron chi connectivity index (χ3n) is 5.06. The van der Waals surface area contributed by atoms with Crippen LogP contribution in [0.2, 0.25) is 0 Å². The van der Waals surface area contributed by atoms with Gasteiger partial charge < -0.3 is 19.1 Å². The molecule has 4 rings (SSSR count). The fourth-order valence-corrected chi connectivity index (χ4v) is 3.38. The van der Waals surface area contributed by atoms with E-state index < -0.39 is 0 Å². The van der Waals surface area contributed by atoms with Crippen LogP contribution >= 0.6 is 0 Å². The van der Waals surface area contributed by atoms with Gasteiger partial charge in [-0.15, -0.1) is 0 Å². The molecule has 0 atom stereocenters. The van der Waals surface area contributed by atoms with Crippen molar-refractivity contribution >= 4 is 6.03 Å². The number of amides is 2. The number of benzene rings is 1. The van der Waals surface area contributed by atoms with Crippen molar-refractivity contribution in [3.63, 3.8) is 0 Å². The van der Waals surface area contributed by atoms with Gasteiger partial charge in [0.15, 0.2) is 0 Å². The summed E-state index contributed by atoms with van der Waals surface area (Å²) in [5, 5.41) is 4.09. The topological polar surface area (TPSA) is 74.9 Å². The van der Waals surface area contributed by atoms with Crippen molar-refractivity contribution in [2.24, 2.45) is 0 Å². The Hall–Kier alpha value is -2.45. The lowest BCUT2D eigenvalue weighted by Gasteiger charge is -2.38. The lowest BCUT2D eigenvalue weighted by Crippen LogP contribution is -2.54. The van der Waals surface area contributed by atoms with E-state index in [0.717, 1.165) is 31.7 Å². The first-order valence-corrected chi connectivity index (χ1v) is 9.42. The lowest BCUT2D eigenvalue weighted by molar-refractivity contribution is 0.0367. The minimum Gasteiger partial charge on any atom is -0.378 e. The van der Waals surface area contributed by atoms with Crippen molar-refractivity contribution < 1.29 is 14.1 Å². The van der Waals surface area contributed by atoms with E-state index in [9.17, 15) is 4.79 Å². The van der Waals surface area contributed by atoms with E-state index in [1.165, 1.54) is 5.56 Å². The second kappa shape index (κ2) is 8.06. The number of carbonyl (C=O) groups is 1. The van der Waals surface area contributed by atoms with Gasteiger partial charge in [0.1, 0.15) is 0 Å². The van der Waals surface area contributed by atoms with E-state index in [1.807, 2.05) is 34.1 Å². The smallest absolute Gasteiger partial charge is 0.320 e. The summed E-state index contributed by atoms with van der Waals surface area (Å²) in [5.74, 6) is 1.23. The molecule has 2 amide bonds. The van der Waals surface area contributed by atoms with Crippen LogP contribution in [-0.4, -0.2) is 83.4 Å². The van der Waals surface area contributed by atoms with Gasteiger partial charge in [-0.3, -0.25) is 4.90 Å². The number of carbonyl (C=O) groups excluding carboxylic acids is 1. The Morgan fingerprint density at radius 1 is 1.00 bits per heavy atom. The summed E-state index contributed by atoms with van der Waals surface area (Å²) in [4.78, 5) is 23.1. The van der Waals surface area contributed by atoms with E-state index in [4.69, 9.17) is 9.26 Å². The first-order valence-electron chi connectivity index (χ1n) is 9.42. The summed E-state index contributed by atoms with van der Waals surface area (Å²) < 4.78 is 10.7. The summed E-state index contributed by atoms with van der Waals surface area (Å²) in [6.07, 6.45) is 0. The molecular weight excluding hydrogens is 346 g/mol. The number of hydrogen-bond acceptors (Lipinski definition) is 6. The number of aryl methyl sites for hydroxylation is 1. The predicted octanol–water partition coefficient (Wildman–Crippen LogP) is 1.61. The SMILES string of the molecule is Cc1ccc(-c2noc(CN3CCN(C(=O)N4CCOCC4)CC3)n2)cc1. The van der Waals surface area contributed by atoms with Crippen LogP contribution in [0.15, 0.2) is 28.8 Å². The summed E-state index contributed by atoms with van der Waals surface area (Å²) in [7, 11) is 0. The second-order valence-electron chi connectivity index (χ2n) is 7.02. The highest BCUT2D eigenvalue weighted by atomic mass is 16.5. The van der Waals surface area contributed by atoms with Crippen LogP contribution in [0.25, 0.3) is 11.4 Å². The summed E-state index contributed by atoms with van der Waals surface area (Å²) >= 11 is 0. The van der Waals surface area contributed by atoms with Gasteiger partial charge in [-0.2, -0.15) is 4.98 Å². The van der Waals surface area contributed by atoms with E-state index >= 15 is 0 Å². The zero-order valence-corrected chi connectivity index (χ0v) is 15.6. The number of urea groups is 1. The molecule has 2 aromatic rings. The number of morpholine rings is 1. The van der Waals surface area contributed by atoms with Gasteiger partial charge in [0.05, 0.1) is 19.8 Å². The minimum atomic E-state index is 0.123. The van der Waals surface area contributed by atoms with E-state index in [0.29, 0.717) is 44.6 Å². The predicted molar refractivity (Wildman–Crippen MR) is 99.1 cm³/mol.